The molecule has 204 valence electrons. The Balaban J connectivity index is 1.62. The summed E-state index contributed by atoms with van der Waals surface area (Å²) >= 11 is 0. The van der Waals surface area contributed by atoms with E-state index in [0.717, 1.165) is 0 Å². The maximum Gasteiger partial charge on any atom is 0.270 e. The molecule has 0 N–H and O–H groups in total. The van der Waals surface area contributed by atoms with Crippen LogP contribution < -0.4 is 0 Å². The van der Waals surface area contributed by atoms with Gasteiger partial charge < -0.3 is 0 Å². The van der Waals surface area contributed by atoms with E-state index in [-0.39, 0.29) is 39.4 Å². The van der Waals surface area contributed by atoms with Gasteiger partial charge in [0.25, 0.3) is 17.3 Å². The van der Waals surface area contributed by atoms with E-state index in [1.54, 1.807) is 42.5 Å². The fraction of sp³-hybridized carbons (Fsp3) is 0. The van der Waals surface area contributed by atoms with Crippen molar-refractivity contribution in [2.24, 2.45) is 0 Å². The average Bonchev–Trinajstić information content (AvgIpc) is 3.55. The summed E-state index contributed by atoms with van der Waals surface area (Å²) in [5, 5.41) is 19.6. The van der Waals surface area contributed by atoms with Crippen molar-refractivity contribution in [3.63, 3.8) is 0 Å². The second-order valence-electron chi connectivity index (χ2n) is 9.49. The second-order valence-corrected chi connectivity index (χ2v) is 9.49. The van der Waals surface area contributed by atoms with Crippen LogP contribution in [-0.2, 0) is 0 Å². The van der Waals surface area contributed by atoms with E-state index in [1.165, 1.54) is 18.2 Å². The van der Waals surface area contributed by atoms with E-state index in [1.807, 2.05) is 12.1 Å². The van der Waals surface area contributed by atoms with Crippen molar-refractivity contribution in [3.8, 4) is 34.5 Å². The molecule has 0 fully saturated rings. The van der Waals surface area contributed by atoms with Crippen molar-refractivity contribution in [2.45, 2.75) is 0 Å². The molecule has 6 rings (SSSR count). The van der Waals surface area contributed by atoms with Crippen LogP contribution >= 0.6 is 0 Å². The molecule has 0 bridgehead atoms. The maximum atomic E-state index is 14.7. The first-order chi connectivity index (χ1) is 21.3. The number of aromatic nitrogens is 1. The highest BCUT2D eigenvalue weighted by Gasteiger charge is 2.33. The zero-order valence-electron chi connectivity index (χ0n) is 22.0. The molecule has 4 aromatic rings. The number of nitriles is 2. The van der Waals surface area contributed by atoms with Crippen LogP contribution in [-0.4, -0.2) is 4.98 Å². The third kappa shape index (κ3) is 3.79. The third-order valence-corrected chi connectivity index (χ3v) is 7.37. The van der Waals surface area contributed by atoms with Gasteiger partial charge in [-0.15, -0.1) is 0 Å². The molecule has 0 radical (unpaired) electrons. The first-order valence-corrected chi connectivity index (χ1v) is 12.5. The van der Waals surface area contributed by atoms with Crippen LogP contribution in [0.15, 0.2) is 72.1 Å². The van der Waals surface area contributed by atoms with Gasteiger partial charge in [-0.25, -0.2) is 38.8 Å². The number of fused-ring (bicyclic) bond motifs is 4. The predicted molar refractivity (Wildman–Crippen MR) is 152 cm³/mol. The first-order valence-electron chi connectivity index (χ1n) is 12.5. The predicted octanol–water partition coefficient (Wildman–Crippen LogP) is 8.44. The van der Waals surface area contributed by atoms with Crippen LogP contribution in [0.25, 0.3) is 59.3 Å². The van der Waals surface area contributed by atoms with E-state index in [0.29, 0.717) is 39.0 Å². The van der Waals surface area contributed by atoms with E-state index in [9.17, 15) is 28.1 Å². The van der Waals surface area contributed by atoms with Crippen LogP contribution in [0.5, 0.6) is 0 Å². The Morgan fingerprint density at radius 1 is 0.636 bits per heavy atom. The van der Waals surface area contributed by atoms with Crippen molar-refractivity contribution in [2.75, 3.05) is 0 Å². The molecule has 10 heteroatoms. The molecule has 6 nitrogen and oxygen atoms in total. The van der Waals surface area contributed by atoms with Gasteiger partial charge in [-0.3, -0.25) is 0 Å². The van der Waals surface area contributed by atoms with Gasteiger partial charge in [0.05, 0.1) is 31.9 Å². The normalized spacial score (nSPS) is 14.7. The Hall–Kier alpha value is -6.80. The van der Waals surface area contributed by atoms with Gasteiger partial charge in [0, 0.05) is 11.1 Å². The molecular weight excluding hydrogens is 568 g/mol. The lowest BCUT2D eigenvalue weighted by Crippen LogP contribution is -2.03. The minimum atomic E-state index is -2.05. The quantitative estimate of drug-likeness (QED) is 0.0913. The summed E-state index contributed by atoms with van der Waals surface area (Å²) in [7, 11) is 0. The van der Waals surface area contributed by atoms with Gasteiger partial charge in [0.15, 0.2) is 5.82 Å². The SMILES string of the molecule is [C-]#[N+]C1=C(c2ccc3c(c2)/C(=C(\C#N)[N+]#[C-])c2cc(-c4nc(F)c(F)c(F)c4F)ccc2-3)/C(=C(/C#N)[N+]#[C-])c2ccccc21. The van der Waals surface area contributed by atoms with Gasteiger partial charge in [-0.05, 0) is 62.2 Å². The molecule has 0 saturated heterocycles. The number of rotatable bonds is 2. The van der Waals surface area contributed by atoms with Crippen LogP contribution in [0.4, 0.5) is 17.6 Å². The lowest BCUT2D eigenvalue weighted by molar-refractivity contribution is 0.393. The topological polar surface area (TPSA) is 73.5 Å². The number of nitrogens with zero attached hydrogens (tertiary/aromatic N) is 6. The average molecular weight is 578 g/mol. The van der Waals surface area contributed by atoms with Crippen LogP contribution in [0.3, 0.4) is 0 Å². The summed E-state index contributed by atoms with van der Waals surface area (Å²) in [6, 6.07) is 19.8. The number of hydrogen-bond acceptors (Lipinski definition) is 3. The molecule has 44 heavy (non-hydrogen) atoms. The van der Waals surface area contributed by atoms with Crippen molar-refractivity contribution in [1.82, 2.24) is 4.98 Å². The molecule has 1 heterocycles. The van der Waals surface area contributed by atoms with Crippen molar-refractivity contribution in [3.05, 3.63) is 158 Å². The zero-order chi connectivity index (χ0) is 31.3. The summed E-state index contributed by atoms with van der Waals surface area (Å²) in [4.78, 5) is 13.7. The van der Waals surface area contributed by atoms with Crippen molar-refractivity contribution >= 4 is 22.4 Å². The smallest absolute Gasteiger partial charge is 0.237 e. The monoisotopic (exact) mass is 578 g/mol. The first kappa shape index (κ1) is 27.4. The molecule has 0 amide bonds. The maximum absolute atomic E-state index is 14.7. The largest absolute Gasteiger partial charge is 0.270 e. The number of benzene rings is 3. The van der Waals surface area contributed by atoms with Gasteiger partial charge in [-0.1, -0.05) is 48.5 Å². The molecule has 2 aliphatic rings. The summed E-state index contributed by atoms with van der Waals surface area (Å²) in [5.74, 6) is -7.62. The Bertz CT molecular complexity index is 2300. The van der Waals surface area contributed by atoms with Crippen LogP contribution in [0, 0.1) is 65.8 Å². The summed E-state index contributed by atoms with van der Waals surface area (Å²) < 4.78 is 56.2. The number of hydrogen-bond donors (Lipinski definition) is 0. The molecule has 2 aliphatic carbocycles. The van der Waals surface area contributed by atoms with Crippen molar-refractivity contribution in [1.29, 1.82) is 10.5 Å². The third-order valence-electron chi connectivity index (χ3n) is 7.37. The lowest BCUT2D eigenvalue weighted by atomic mass is 9.92. The fourth-order valence-corrected chi connectivity index (χ4v) is 5.57. The Morgan fingerprint density at radius 2 is 1.20 bits per heavy atom. The fourth-order valence-electron chi connectivity index (χ4n) is 5.57. The molecule has 0 unspecified atom stereocenters. The van der Waals surface area contributed by atoms with Crippen molar-refractivity contribution < 1.29 is 17.6 Å². The Morgan fingerprint density at radius 3 is 1.80 bits per heavy atom. The van der Waals surface area contributed by atoms with E-state index in [2.05, 4.69) is 19.5 Å². The highest BCUT2D eigenvalue weighted by molar-refractivity contribution is 6.24. The van der Waals surface area contributed by atoms with Gasteiger partial charge in [-0.2, -0.15) is 8.78 Å². The molecule has 0 atom stereocenters. The number of pyridine rings is 1. The van der Waals surface area contributed by atoms with Crippen LogP contribution in [0.2, 0.25) is 0 Å². The van der Waals surface area contributed by atoms with Gasteiger partial charge in [0.1, 0.15) is 5.69 Å². The van der Waals surface area contributed by atoms with Crippen LogP contribution in [0.1, 0.15) is 27.8 Å². The van der Waals surface area contributed by atoms with Gasteiger partial charge in [0.2, 0.25) is 17.3 Å². The highest BCUT2D eigenvalue weighted by Crippen LogP contribution is 2.52. The number of halogens is 4. The van der Waals surface area contributed by atoms with Gasteiger partial charge >= 0.3 is 0 Å². The standard InChI is InChI=1S/C34H10F4N6/c1-41-24(14-39)27-22-12-16(26-28(25(15-40)42-2)20-6-4-5-7-21(20)33(26)43-3)8-10-18(22)19-11-9-17(13-23(19)27)32-30(36)29(35)31(37)34(38)44-32/h4-13H/b27-24-,28-25-. The summed E-state index contributed by atoms with van der Waals surface area (Å²) in [5.41, 5.74) is 2.70. The molecular formula is C34H10F4N6. The minimum absolute atomic E-state index is 0.128. The Kier molecular flexibility index (Phi) is 6.37. The van der Waals surface area contributed by atoms with E-state index >= 15 is 0 Å². The van der Waals surface area contributed by atoms with E-state index < -0.39 is 29.1 Å². The summed E-state index contributed by atoms with van der Waals surface area (Å²) in [6.07, 6.45) is 0. The van der Waals surface area contributed by atoms with E-state index in [4.69, 9.17) is 19.7 Å². The highest BCUT2D eigenvalue weighted by atomic mass is 19.2. The molecule has 3 aromatic carbocycles. The molecule has 0 aliphatic heterocycles. The lowest BCUT2D eigenvalue weighted by Gasteiger charge is -2.12. The molecule has 0 saturated carbocycles. The molecule has 0 spiro atoms. The summed E-state index contributed by atoms with van der Waals surface area (Å²) in [6.45, 7) is 23.2. The zero-order valence-corrected chi connectivity index (χ0v) is 22.0. The Labute approximate surface area is 247 Å². The molecule has 1 aromatic heterocycles. The minimum Gasteiger partial charge on any atom is -0.237 e. The second kappa shape index (κ2) is 10.2. The number of allylic oxidation sites excluding steroid dienone is 4.